The second kappa shape index (κ2) is 4.77. The fourth-order valence-corrected chi connectivity index (χ4v) is 2.23. The number of nitrogens with zero attached hydrogens (tertiary/aromatic N) is 2. The van der Waals surface area contributed by atoms with Crippen LogP contribution in [-0.2, 0) is 6.42 Å². The molecule has 84 valence electrons. The van der Waals surface area contributed by atoms with Crippen molar-refractivity contribution < 1.29 is 4.52 Å². The summed E-state index contributed by atoms with van der Waals surface area (Å²) in [4.78, 5) is 4.43. The molecule has 1 fully saturated rings. The van der Waals surface area contributed by atoms with E-state index in [1.165, 1.54) is 32.1 Å². The van der Waals surface area contributed by atoms with Gasteiger partial charge in [0.25, 0.3) is 0 Å². The Morgan fingerprint density at radius 3 is 2.60 bits per heavy atom. The van der Waals surface area contributed by atoms with Crippen LogP contribution in [0.2, 0.25) is 0 Å². The first-order valence-electron chi connectivity index (χ1n) is 6.08. The third kappa shape index (κ3) is 2.80. The van der Waals surface area contributed by atoms with Gasteiger partial charge in [-0.25, -0.2) is 0 Å². The monoisotopic (exact) mass is 208 g/mol. The lowest BCUT2D eigenvalue weighted by atomic mass is 9.87. The Morgan fingerprint density at radius 2 is 2.00 bits per heavy atom. The maximum atomic E-state index is 5.21. The average Bonchev–Trinajstić information content (AvgIpc) is 2.68. The van der Waals surface area contributed by atoms with Crippen molar-refractivity contribution in [3.8, 4) is 0 Å². The molecule has 3 heteroatoms. The van der Waals surface area contributed by atoms with Crippen molar-refractivity contribution in [2.24, 2.45) is 5.92 Å². The summed E-state index contributed by atoms with van der Waals surface area (Å²) in [7, 11) is 0. The molecule has 15 heavy (non-hydrogen) atoms. The van der Waals surface area contributed by atoms with Gasteiger partial charge in [-0.3, -0.25) is 0 Å². The highest BCUT2D eigenvalue weighted by atomic mass is 16.5. The molecule has 1 heterocycles. The van der Waals surface area contributed by atoms with Crippen molar-refractivity contribution >= 4 is 0 Å². The summed E-state index contributed by atoms with van der Waals surface area (Å²) in [6.45, 7) is 4.16. The zero-order chi connectivity index (χ0) is 10.7. The molecule has 3 nitrogen and oxygen atoms in total. The first kappa shape index (κ1) is 10.7. The van der Waals surface area contributed by atoms with Gasteiger partial charge >= 0.3 is 0 Å². The molecule has 0 atom stereocenters. The van der Waals surface area contributed by atoms with Crippen molar-refractivity contribution in [1.82, 2.24) is 10.1 Å². The van der Waals surface area contributed by atoms with Gasteiger partial charge in [-0.05, 0) is 5.92 Å². The molecular weight excluding hydrogens is 188 g/mol. The van der Waals surface area contributed by atoms with E-state index in [1.807, 2.05) is 0 Å². The Labute approximate surface area is 91.3 Å². The van der Waals surface area contributed by atoms with E-state index in [1.54, 1.807) is 0 Å². The molecule has 0 N–H and O–H groups in total. The lowest BCUT2D eigenvalue weighted by molar-refractivity contribution is 0.334. The van der Waals surface area contributed by atoms with Gasteiger partial charge in [0.15, 0.2) is 5.82 Å². The van der Waals surface area contributed by atoms with Crippen LogP contribution in [0, 0.1) is 5.92 Å². The summed E-state index contributed by atoms with van der Waals surface area (Å²) in [5.74, 6) is 2.82. The Hall–Kier alpha value is -0.860. The van der Waals surface area contributed by atoms with Crippen LogP contribution in [-0.4, -0.2) is 10.1 Å². The van der Waals surface area contributed by atoms with Crippen LogP contribution >= 0.6 is 0 Å². The minimum Gasteiger partial charge on any atom is -0.339 e. The quantitative estimate of drug-likeness (QED) is 0.765. The van der Waals surface area contributed by atoms with Crippen molar-refractivity contribution in [3.05, 3.63) is 11.7 Å². The van der Waals surface area contributed by atoms with Crippen LogP contribution in [0.3, 0.4) is 0 Å². The van der Waals surface area contributed by atoms with Crippen molar-refractivity contribution in [1.29, 1.82) is 0 Å². The Balaban J connectivity index is 1.91. The predicted octanol–water partition coefficient (Wildman–Crippen LogP) is 3.32. The molecule has 1 aliphatic carbocycles. The lowest BCUT2D eigenvalue weighted by Crippen LogP contribution is -2.10. The zero-order valence-electron chi connectivity index (χ0n) is 9.70. The Bertz CT molecular complexity index is 300. The highest BCUT2D eigenvalue weighted by Gasteiger charge is 2.17. The second-order valence-corrected chi connectivity index (χ2v) is 4.91. The van der Waals surface area contributed by atoms with Crippen LogP contribution in [0.5, 0.6) is 0 Å². The summed E-state index contributed by atoms with van der Waals surface area (Å²) >= 11 is 0. The maximum absolute atomic E-state index is 5.21. The average molecular weight is 208 g/mol. The first-order valence-corrected chi connectivity index (χ1v) is 6.08. The highest BCUT2D eigenvalue weighted by Crippen LogP contribution is 2.26. The van der Waals surface area contributed by atoms with E-state index in [2.05, 4.69) is 24.0 Å². The molecule has 0 unspecified atom stereocenters. The predicted molar refractivity (Wildman–Crippen MR) is 58.7 cm³/mol. The van der Waals surface area contributed by atoms with E-state index in [4.69, 9.17) is 4.52 Å². The molecule has 1 aromatic rings. The molecule has 0 aliphatic heterocycles. The van der Waals surface area contributed by atoms with Crippen molar-refractivity contribution in [2.45, 2.75) is 58.3 Å². The summed E-state index contributed by atoms with van der Waals surface area (Å²) < 4.78 is 5.21. The molecular formula is C12H20N2O. The van der Waals surface area contributed by atoms with Gasteiger partial charge in [-0.15, -0.1) is 0 Å². The van der Waals surface area contributed by atoms with Gasteiger partial charge in [0.2, 0.25) is 5.89 Å². The number of rotatable bonds is 3. The van der Waals surface area contributed by atoms with Gasteiger partial charge in [0.05, 0.1) is 0 Å². The van der Waals surface area contributed by atoms with E-state index in [0.29, 0.717) is 5.92 Å². The molecule has 0 spiro atoms. The normalized spacial score (nSPS) is 18.6. The van der Waals surface area contributed by atoms with Crippen molar-refractivity contribution in [3.63, 3.8) is 0 Å². The first-order chi connectivity index (χ1) is 7.25. The topological polar surface area (TPSA) is 38.9 Å². The Morgan fingerprint density at radius 1 is 1.27 bits per heavy atom. The minimum absolute atomic E-state index is 0.345. The molecule has 0 saturated heterocycles. The zero-order valence-corrected chi connectivity index (χ0v) is 9.70. The molecule has 0 radical (unpaired) electrons. The molecule has 2 rings (SSSR count). The fraction of sp³-hybridized carbons (Fsp3) is 0.833. The smallest absolute Gasteiger partial charge is 0.229 e. The minimum atomic E-state index is 0.345. The van der Waals surface area contributed by atoms with E-state index in [9.17, 15) is 0 Å². The number of hydrogen-bond donors (Lipinski definition) is 0. The van der Waals surface area contributed by atoms with E-state index in [-0.39, 0.29) is 0 Å². The molecule has 0 bridgehead atoms. The van der Waals surface area contributed by atoms with Crippen LogP contribution in [0.25, 0.3) is 0 Å². The van der Waals surface area contributed by atoms with Gasteiger partial charge in [0.1, 0.15) is 0 Å². The number of hydrogen-bond acceptors (Lipinski definition) is 3. The van der Waals surface area contributed by atoms with Gasteiger partial charge in [0, 0.05) is 12.3 Å². The van der Waals surface area contributed by atoms with Gasteiger partial charge < -0.3 is 4.52 Å². The largest absolute Gasteiger partial charge is 0.339 e. The molecule has 0 amide bonds. The van der Waals surface area contributed by atoms with E-state index in [0.717, 1.165) is 24.1 Å². The van der Waals surface area contributed by atoms with Crippen LogP contribution in [0.15, 0.2) is 4.52 Å². The number of aromatic nitrogens is 2. The van der Waals surface area contributed by atoms with Gasteiger partial charge in [-0.1, -0.05) is 51.1 Å². The van der Waals surface area contributed by atoms with Crippen molar-refractivity contribution in [2.75, 3.05) is 0 Å². The molecule has 0 aromatic carbocycles. The SMILES string of the molecule is CC(C)c1nc(CC2CCCCC2)no1. The van der Waals surface area contributed by atoms with Crippen LogP contribution in [0.1, 0.15) is 63.6 Å². The van der Waals surface area contributed by atoms with E-state index >= 15 is 0 Å². The van der Waals surface area contributed by atoms with Crippen LogP contribution < -0.4 is 0 Å². The standard InChI is InChI=1S/C12H20N2O/c1-9(2)12-13-11(14-15-12)8-10-6-4-3-5-7-10/h9-10H,3-8H2,1-2H3. The van der Waals surface area contributed by atoms with Gasteiger partial charge in [-0.2, -0.15) is 4.98 Å². The summed E-state index contributed by atoms with van der Waals surface area (Å²) in [5.41, 5.74) is 0. The highest BCUT2D eigenvalue weighted by molar-refractivity contribution is 4.92. The maximum Gasteiger partial charge on any atom is 0.229 e. The second-order valence-electron chi connectivity index (χ2n) is 4.91. The third-order valence-corrected chi connectivity index (χ3v) is 3.17. The fourth-order valence-electron chi connectivity index (χ4n) is 2.23. The molecule has 1 aromatic heterocycles. The molecule has 1 saturated carbocycles. The summed E-state index contributed by atoms with van der Waals surface area (Å²) in [6.07, 6.45) is 7.84. The summed E-state index contributed by atoms with van der Waals surface area (Å²) in [5, 5.41) is 4.05. The lowest BCUT2D eigenvalue weighted by Gasteiger charge is -2.19. The van der Waals surface area contributed by atoms with E-state index < -0.39 is 0 Å². The third-order valence-electron chi connectivity index (χ3n) is 3.17. The Kier molecular flexibility index (Phi) is 3.39. The summed E-state index contributed by atoms with van der Waals surface area (Å²) in [6, 6.07) is 0. The molecule has 1 aliphatic rings. The van der Waals surface area contributed by atoms with Crippen LogP contribution in [0.4, 0.5) is 0 Å².